The molecule has 2 rings (SSSR count). The predicted molar refractivity (Wildman–Crippen MR) is 61.9 cm³/mol. The topological polar surface area (TPSA) is 30.7 Å². The Morgan fingerprint density at radius 1 is 1.50 bits per heavy atom. The Balaban J connectivity index is 2.58. The van der Waals surface area contributed by atoms with Gasteiger partial charge in [0.2, 0.25) is 0 Å². The molecular formula is C10H14N3P. The molecule has 1 heterocycles. The molecule has 0 bridgehead atoms. The van der Waals surface area contributed by atoms with Crippen LogP contribution in [0.1, 0.15) is 26.3 Å². The van der Waals surface area contributed by atoms with Crippen LogP contribution in [0.15, 0.2) is 18.2 Å². The summed E-state index contributed by atoms with van der Waals surface area (Å²) in [5, 5.41) is 9.46. The molecule has 2 atom stereocenters. The van der Waals surface area contributed by atoms with E-state index in [-0.39, 0.29) is 0 Å². The zero-order valence-corrected chi connectivity index (χ0v) is 9.59. The fraction of sp³-hybridized carbons (Fsp3) is 0.400. The minimum absolute atomic E-state index is 0.412. The molecule has 0 spiro atoms. The number of aromatic nitrogens is 3. The Morgan fingerprint density at radius 3 is 3.00 bits per heavy atom. The molecule has 0 saturated heterocycles. The molecule has 1 unspecified atom stereocenters. The number of rotatable bonds is 2. The Bertz CT molecular complexity index is 450. The molecule has 1 aromatic carbocycles. The second-order valence-electron chi connectivity index (χ2n) is 3.54. The lowest BCUT2D eigenvalue weighted by Gasteiger charge is -2.08. The average Bonchev–Trinajstić information content (AvgIpc) is 2.59. The number of fused-ring (bicyclic) bond motifs is 1. The first-order valence-corrected chi connectivity index (χ1v) is 5.40. The van der Waals surface area contributed by atoms with Crippen molar-refractivity contribution >= 4 is 25.6 Å². The molecule has 0 radical (unpaired) electrons. The third-order valence-electron chi connectivity index (χ3n) is 2.50. The zero-order valence-electron chi connectivity index (χ0n) is 8.44. The summed E-state index contributed by atoms with van der Waals surface area (Å²) in [4.78, 5) is 0. The quantitative estimate of drug-likeness (QED) is 0.704. The first-order chi connectivity index (χ1) is 6.72. The molecule has 2 aromatic rings. The van der Waals surface area contributed by atoms with Crippen molar-refractivity contribution in [2.75, 3.05) is 0 Å². The van der Waals surface area contributed by atoms with Gasteiger partial charge in [-0.3, -0.25) is 0 Å². The van der Waals surface area contributed by atoms with Gasteiger partial charge in [-0.15, -0.1) is 14.3 Å². The van der Waals surface area contributed by atoms with Gasteiger partial charge in [0, 0.05) is 0 Å². The molecule has 0 aliphatic rings. The highest BCUT2D eigenvalue weighted by atomic mass is 31.0. The summed E-state index contributed by atoms with van der Waals surface area (Å²) in [5.41, 5.74) is 2.09. The number of hydrogen-bond acceptors (Lipinski definition) is 2. The van der Waals surface area contributed by atoms with Gasteiger partial charge in [-0.1, -0.05) is 18.2 Å². The zero-order chi connectivity index (χ0) is 10.1. The van der Waals surface area contributed by atoms with Crippen molar-refractivity contribution in [2.45, 2.75) is 26.3 Å². The highest BCUT2D eigenvalue weighted by molar-refractivity contribution is 7.27. The molecule has 3 nitrogen and oxygen atoms in total. The van der Waals surface area contributed by atoms with E-state index in [9.17, 15) is 0 Å². The molecule has 14 heavy (non-hydrogen) atoms. The Hall–Kier alpha value is -0.950. The molecule has 4 heteroatoms. The highest BCUT2D eigenvalue weighted by Crippen LogP contribution is 2.16. The molecule has 0 N–H and O–H groups in total. The summed E-state index contributed by atoms with van der Waals surface area (Å²) in [5.74, 6) is 0. The first-order valence-electron chi connectivity index (χ1n) is 4.82. The fourth-order valence-corrected chi connectivity index (χ4v) is 1.71. The Morgan fingerprint density at radius 2 is 2.29 bits per heavy atom. The van der Waals surface area contributed by atoms with Crippen LogP contribution in [0.2, 0.25) is 0 Å². The minimum atomic E-state index is 0.412. The monoisotopic (exact) mass is 207 g/mol. The van der Waals surface area contributed by atoms with E-state index in [0.29, 0.717) is 6.04 Å². The van der Waals surface area contributed by atoms with Crippen LogP contribution in [0.25, 0.3) is 11.0 Å². The van der Waals surface area contributed by atoms with Gasteiger partial charge in [0.1, 0.15) is 5.52 Å². The van der Waals surface area contributed by atoms with E-state index in [2.05, 4.69) is 45.5 Å². The van der Waals surface area contributed by atoms with Crippen molar-refractivity contribution < 1.29 is 0 Å². The summed E-state index contributed by atoms with van der Waals surface area (Å²) in [6, 6.07) is 6.58. The predicted octanol–water partition coefficient (Wildman–Crippen LogP) is 1.90. The van der Waals surface area contributed by atoms with E-state index in [1.165, 1.54) is 0 Å². The molecule has 0 saturated carbocycles. The molecule has 0 aliphatic heterocycles. The van der Waals surface area contributed by atoms with Crippen LogP contribution in [0.3, 0.4) is 0 Å². The number of hydrogen-bond donors (Lipinski definition) is 0. The maximum absolute atomic E-state index is 4.16. The molecule has 0 amide bonds. The number of benzene rings is 1. The number of nitrogens with zero attached hydrogens (tertiary/aromatic N) is 3. The van der Waals surface area contributed by atoms with E-state index in [1.807, 2.05) is 10.7 Å². The molecule has 0 fully saturated rings. The third kappa shape index (κ3) is 1.53. The van der Waals surface area contributed by atoms with Gasteiger partial charge in [0.05, 0.1) is 11.6 Å². The summed E-state index contributed by atoms with van der Waals surface area (Å²) in [6.07, 6.45) is 1.07. The van der Waals surface area contributed by atoms with E-state index >= 15 is 0 Å². The maximum Gasteiger partial charge on any atom is 0.113 e. The average molecular weight is 207 g/mol. The van der Waals surface area contributed by atoms with Gasteiger partial charge in [-0.2, -0.15) is 0 Å². The summed E-state index contributed by atoms with van der Waals surface area (Å²) in [6.45, 7) is 4.31. The highest BCUT2D eigenvalue weighted by Gasteiger charge is 2.08. The van der Waals surface area contributed by atoms with Crippen LogP contribution in [-0.2, 0) is 0 Å². The lowest BCUT2D eigenvalue weighted by Crippen LogP contribution is -2.05. The normalized spacial score (nSPS) is 13.4. The largest absolute Gasteiger partial charge is 0.242 e. The van der Waals surface area contributed by atoms with Crippen molar-refractivity contribution in [2.24, 2.45) is 0 Å². The molecule has 0 aliphatic carbocycles. The standard InChI is InChI=1S/C10H14N3P/c1-3-7(2)13-10-5-4-8(14)6-9(10)11-12-13/h4-7H,3,14H2,1-2H3/t7-/m1/s1. The Kier molecular flexibility index (Phi) is 2.51. The van der Waals surface area contributed by atoms with Crippen LogP contribution in [0.5, 0.6) is 0 Å². The van der Waals surface area contributed by atoms with Gasteiger partial charge in [0.15, 0.2) is 0 Å². The second-order valence-corrected chi connectivity index (χ2v) is 4.21. The van der Waals surface area contributed by atoms with Gasteiger partial charge < -0.3 is 0 Å². The van der Waals surface area contributed by atoms with E-state index in [1.54, 1.807) is 0 Å². The van der Waals surface area contributed by atoms with E-state index < -0.39 is 0 Å². The molecule has 1 aromatic heterocycles. The van der Waals surface area contributed by atoms with Gasteiger partial charge in [-0.05, 0) is 30.8 Å². The third-order valence-corrected chi connectivity index (χ3v) is 2.86. The van der Waals surface area contributed by atoms with Crippen LogP contribution in [0, 0.1) is 0 Å². The van der Waals surface area contributed by atoms with Crippen LogP contribution in [0.4, 0.5) is 0 Å². The lowest BCUT2D eigenvalue weighted by molar-refractivity contribution is 0.478. The summed E-state index contributed by atoms with van der Waals surface area (Å²) >= 11 is 0. The Labute approximate surface area is 85.7 Å². The second kappa shape index (κ2) is 3.66. The maximum atomic E-state index is 4.16. The molecular weight excluding hydrogens is 193 g/mol. The van der Waals surface area contributed by atoms with Crippen LogP contribution < -0.4 is 5.30 Å². The van der Waals surface area contributed by atoms with Crippen LogP contribution in [-0.4, -0.2) is 15.0 Å². The lowest BCUT2D eigenvalue weighted by atomic mass is 10.2. The van der Waals surface area contributed by atoms with Gasteiger partial charge >= 0.3 is 0 Å². The van der Waals surface area contributed by atoms with Crippen molar-refractivity contribution in [1.82, 2.24) is 15.0 Å². The van der Waals surface area contributed by atoms with Gasteiger partial charge in [0.25, 0.3) is 0 Å². The van der Waals surface area contributed by atoms with E-state index in [4.69, 9.17) is 0 Å². The van der Waals surface area contributed by atoms with Crippen molar-refractivity contribution in [3.8, 4) is 0 Å². The van der Waals surface area contributed by atoms with E-state index in [0.717, 1.165) is 22.8 Å². The first kappa shape index (κ1) is 9.60. The van der Waals surface area contributed by atoms with Crippen molar-refractivity contribution in [3.05, 3.63) is 18.2 Å². The smallest absolute Gasteiger partial charge is 0.113 e. The minimum Gasteiger partial charge on any atom is -0.242 e. The SMILES string of the molecule is CC[C@@H](C)n1nnc2cc(P)ccc21. The summed E-state index contributed by atoms with van der Waals surface area (Å²) < 4.78 is 1.99. The van der Waals surface area contributed by atoms with Crippen LogP contribution >= 0.6 is 9.24 Å². The fourth-order valence-electron chi connectivity index (χ4n) is 1.46. The molecule has 74 valence electrons. The van der Waals surface area contributed by atoms with Crippen molar-refractivity contribution in [3.63, 3.8) is 0 Å². The van der Waals surface area contributed by atoms with Gasteiger partial charge in [-0.25, -0.2) is 4.68 Å². The van der Waals surface area contributed by atoms with Crippen molar-refractivity contribution in [1.29, 1.82) is 0 Å². The summed E-state index contributed by atoms with van der Waals surface area (Å²) in [7, 11) is 2.67.